The molecule has 0 aliphatic carbocycles. The van der Waals surface area contributed by atoms with E-state index < -0.39 is 25.2 Å². The van der Waals surface area contributed by atoms with Gasteiger partial charge in [-0.3, -0.25) is 19.4 Å². The molecule has 4 fully saturated rings. The number of likely N-dealkylation sites (tertiary alicyclic amines) is 4. The Kier molecular flexibility index (Phi) is 13.7. The molecule has 0 unspecified atom stereocenters. The minimum atomic E-state index is -2.50. The molecule has 8 rings (SSSR count). The smallest absolute Gasteiger partial charge is 0.263 e. The molecule has 8 nitrogen and oxygen atoms in total. The molecule has 0 saturated carbocycles. The topological polar surface area (TPSA) is 87.6 Å². The maximum absolute atomic E-state index is 14.9. The fourth-order valence-electron chi connectivity index (χ4n) is 9.03. The molecular formula is C46H50F6N4O4. The van der Waals surface area contributed by atoms with Crippen molar-refractivity contribution in [2.75, 3.05) is 39.3 Å². The highest BCUT2D eigenvalue weighted by Crippen LogP contribution is 2.36. The molecule has 0 radical (unpaired) electrons. The summed E-state index contributed by atoms with van der Waals surface area (Å²) in [5.41, 5.74) is 3.29. The maximum Gasteiger partial charge on any atom is 0.263 e. The molecule has 4 aliphatic heterocycles. The minimum Gasteiger partial charge on any atom is -0.508 e. The van der Waals surface area contributed by atoms with Crippen molar-refractivity contribution < 1.29 is 46.1 Å². The van der Waals surface area contributed by atoms with E-state index >= 15 is 0 Å². The molecule has 2 N–H and O–H groups in total. The number of halogens is 6. The Morgan fingerprint density at radius 1 is 0.500 bits per heavy atom. The highest BCUT2D eigenvalue weighted by atomic mass is 19.3. The molecule has 320 valence electrons. The quantitative estimate of drug-likeness (QED) is 0.156. The van der Waals surface area contributed by atoms with Crippen LogP contribution in [0.5, 0.6) is 11.5 Å². The number of benzene rings is 4. The molecule has 0 aromatic heterocycles. The molecule has 0 bridgehead atoms. The van der Waals surface area contributed by atoms with Gasteiger partial charge in [-0.15, -0.1) is 0 Å². The van der Waals surface area contributed by atoms with Gasteiger partial charge < -0.3 is 20.0 Å². The van der Waals surface area contributed by atoms with Crippen molar-refractivity contribution in [3.05, 3.63) is 130 Å². The van der Waals surface area contributed by atoms with E-state index in [9.17, 15) is 46.1 Å². The van der Waals surface area contributed by atoms with Gasteiger partial charge >= 0.3 is 0 Å². The monoisotopic (exact) mass is 836 g/mol. The molecule has 6 atom stereocenters. The molecule has 4 saturated heterocycles. The van der Waals surface area contributed by atoms with Crippen molar-refractivity contribution >= 4 is 11.8 Å². The molecular weight excluding hydrogens is 787 g/mol. The molecule has 4 aliphatic rings. The molecule has 4 heterocycles. The van der Waals surface area contributed by atoms with E-state index in [0.29, 0.717) is 65.0 Å². The summed E-state index contributed by atoms with van der Waals surface area (Å²) in [6.07, 6.45) is -4.64. The zero-order valence-corrected chi connectivity index (χ0v) is 33.1. The molecule has 14 heteroatoms. The highest BCUT2D eigenvalue weighted by Gasteiger charge is 2.42. The number of piperidine rings is 2. The lowest BCUT2D eigenvalue weighted by Crippen LogP contribution is -2.49. The van der Waals surface area contributed by atoms with Gasteiger partial charge in [0.25, 0.3) is 12.9 Å². The maximum atomic E-state index is 14.9. The Morgan fingerprint density at radius 3 is 1.17 bits per heavy atom. The Hall–Kier alpha value is -5.08. The lowest BCUT2D eigenvalue weighted by atomic mass is 9.87. The SMILES string of the molecule is O=C1[C@@H](N2CC[C@@H](c3ccc(O)cc3)[C@H](F)C2)CCN1Cc1ccc(C(F)F)cc1.O=C1[C@H](N2CC[C@@H](c3ccc(O)cc3)[C@H](F)C2)CCN1Cc1ccc(C(F)F)cc1. The first-order valence-corrected chi connectivity index (χ1v) is 20.5. The van der Waals surface area contributed by atoms with Gasteiger partial charge in [-0.2, -0.15) is 0 Å². The van der Waals surface area contributed by atoms with E-state index in [-0.39, 0.29) is 71.4 Å². The van der Waals surface area contributed by atoms with Crippen molar-refractivity contribution in [1.82, 2.24) is 19.6 Å². The summed E-state index contributed by atoms with van der Waals surface area (Å²) >= 11 is 0. The van der Waals surface area contributed by atoms with Crippen molar-refractivity contribution in [2.24, 2.45) is 0 Å². The third-order valence-corrected chi connectivity index (χ3v) is 12.4. The van der Waals surface area contributed by atoms with Crippen LogP contribution < -0.4 is 0 Å². The number of carbonyl (C=O) groups is 2. The van der Waals surface area contributed by atoms with Gasteiger partial charge in [0, 0.05) is 62.2 Å². The lowest BCUT2D eigenvalue weighted by Gasteiger charge is -2.37. The fraction of sp³-hybridized carbons (Fsp3) is 0.435. The van der Waals surface area contributed by atoms with Crippen molar-refractivity contribution in [2.45, 2.75) is 87.9 Å². The Bertz CT molecular complexity index is 1890. The van der Waals surface area contributed by atoms with Crippen molar-refractivity contribution in [3.8, 4) is 11.5 Å². The second kappa shape index (κ2) is 19.1. The minimum absolute atomic E-state index is 0.0248. The number of amides is 2. The van der Waals surface area contributed by atoms with Crippen LogP contribution in [0.15, 0.2) is 97.1 Å². The van der Waals surface area contributed by atoms with Crippen LogP contribution in [-0.4, -0.2) is 105 Å². The van der Waals surface area contributed by atoms with E-state index in [4.69, 9.17) is 0 Å². The van der Waals surface area contributed by atoms with E-state index in [1.54, 1.807) is 82.6 Å². The van der Waals surface area contributed by atoms with Crippen LogP contribution in [0.4, 0.5) is 26.3 Å². The summed E-state index contributed by atoms with van der Waals surface area (Å²) in [4.78, 5) is 33.1. The van der Waals surface area contributed by atoms with Crippen LogP contribution in [-0.2, 0) is 22.7 Å². The Morgan fingerprint density at radius 2 is 0.850 bits per heavy atom. The molecule has 2 amide bonds. The van der Waals surface area contributed by atoms with Gasteiger partial charge in [0.15, 0.2) is 0 Å². The number of phenols is 2. The second-order valence-corrected chi connectivity index (χ2v) is 16.2. The molecule has 4 aromatic carbocycles. The first kappa shape index (κ1) is 43.0. The number of aromatic hydroxyl groups is 2. The fourth-order valence-corrected chi connectivity index (χ4v) is 9.03. The van der Waals surface area contributed by atoms with Gasteiger partial charge in [-0.25, -0.2) is 26.3 Å². The Labute approximate surface area is 346 Å². The lowest BCUT2D eigenvalue weighted by molar-refractivity contribution is -0.134. The summed E-state index contributed by atoms with van der Waals surface area (Å²) < 4.78 is 80.6. The number of phenolic OH excluding ortho intramolecular Hbond substituents is 2. The number of hydrogen-bond acceptors (Lipinski definition) is 6. The summed E-state index contributed by atoms with van der Waals surface area (Å²) in [6, 6.07) is 24.7. The average Bonchev–Trinajstić information content (AvgIpc) is 3.79. The zero-order chi connectivity index (χ0) is 42.5. The van der Waals surface area contributed by atoms with Crippen LogP contribution in [0.2, 0.25) is 0 Å². The van der Waals surface area contributed by atoms with Crippen LogP contribution in [0.1, 0.15) is 83.8 Å². The van der Waals surface area contributed by atoms with Crippen LogP contribution in [0, 0.1) is 0 Å². The summed E-state index contributed by atoms with van der Waals surface area (Å²) in [5, 5.41) is 18.9. The Balaban J connectivity index is 0.000000181. The predicted molar refractivity (Wildman–Crippen MR) is 214 cm³/mol. The van der Waals surface area contributed by atoms with E-state index in [2.05, 4.69) is 0 Å². The number of nitrogens with zero attached hydrogens (tertiary/aromatic N) is 4. The van der Waals surface area contributed by atoms with Crippen LogP contribution in [0.3, 0.4) is 0 Å². The van der Waals surface area contributed by atoms with E-state index in [1.165, 1.54) is 24.3 Å². The predicted octanol–water partition coefficient (Wildman–Crippen LogP) is 8.52. The number of alkyl halides is 6. The zero-order valence-electron chi connectivity index (χ0n) is 33.1. The molecule has 0 spiro atoms. The van der Waals surface area contributed by atoms with E-state index in [0.717, 1.165) is 22.3 Å². The third kappa shape index (κ3) is 10.1. The van der Waals surface area contributed by atoms with Crippen molar-refractivity contribution in [3.63, 3.8) is 0 Å². The molecule has 60 heavy (non-hydrogen) atoms. The number of carbonyl (C=O) groups excluding carboxylic acids is 2. The van der Waals surface area contributed by atoms with Gasteiger partial charge in [0.2, 0.25) is 11.8 Å². The van der Waals surface area contributed by atoms with E-state index in [1.807, 2.05) is 9.80 Å². The highest BCUT2D eigenvalue weighted by molar-refractivity contribution is 5.84. The largest absolute Gasteiger partial charge is 0.508 e. The summed E-state index contributed by atoms with van der Waals surface area (Å²) in [5.74, 6) is -0.198. The van der Waals surface area contributed by atoms with Crippen LogP contribution in [0.25, 0.3) is 0 Å². The van der Waals surface area contributed by atoms with Gasteiger partial charge in [-0.1, -0.05) is 72.8 Å². The second-order valence-electron chi connectivity index (χ2n) is 16.2. The summed E-state index contributed by atoms with van der Waals surface area (Å²) in [7, 11) is 0. The normalized spacial score (nSPS) is 25.3. The van der Waals surface area contributed by atoms with Gasteiger partial charge in [0.05, 0.1) is 12.1 Å². The summed E-state index contributed by atoms with van der Waals surface area (Å²) in [6.45, 7) is 3.60. The molecule has 4 aromatic rings. The third-order valence-electron chi connectivity index (χ3n) is 12.4. The van der Waals surface area contributed by atoms with Crippen LogP contribution >= 0.6 is 0 Å². The van der Waals surface area contributed by atoms with Gasteiger partial charge in [-0.05, 0) is 85.3 Å². The standard InChI is InChI=1S/2C23H25F3N2O2/c2*24-20-14-27(11-9-19(20)16-5-7-18(29)8-6-16)21-10-12-28(23(21)30)13-15-1-3-17(4-2-15)22(25)26/h2*1-8,19-22,29H,9-14H2/t19-,20+,21+;19-,20+,21-/m00/s1. The number of hydrogen-bond donors (Lipinski definition) is 2. The van der Waals surface area contributed by atoms with Gasteiger partial charge in [0.1, 0.15) is 23.8 Å². The average molecular weight is 837 g/mol. The number of rotatable bonds is 10. The first-order valence-electron chi connectivity index (χ1n) is 20.5. The first-order chi connectivity index (χ1) is 28.8. The van der Waals surface area contributed by atoms with Crippen molar-refractivity contribution in [1.29, 1.82) is 0 Å².